The Bertz CT molecular complexity index is 1030. The second-order valence-corrected chi connectivity index (χ2v) is 7.03. The van der Waals surface area contributed by atoms with Gasteiger partial charge in [-0.05, 0) is 12.5 Å². The van der Waals surface area contributed by atoms with Crippen molar-refractivity contribution in [3.63, 3.8) is 0 Å². The van der Waals surface area contributed by atoms with E-state index < -0.39 is 5.97 Å². The molecule has 1 aliphatic heterocycles. The van der Waals surface area contributed by atoms with E-state index in [1.54, 1.807) is 30.4 Å². The van der Waals surface area contributed by atoms with Gasteiger partial charge in [-0.1, -0.05) is 48.5 Å². The highest BCUT2D eigenvalue weighted by atomic mass is 16.4. The van der Waals surface area contributed by atoms with E-state index in [0.29, 0.717) is 24.9 Å². The second kappa shape index (κ2) is 7.31. The molecule has 4 rings (SSSR count). The monoisotopic (exact) mass is 375 g/mol. The van der Waals surface area contributed by atoms with Gasteiger partial charge in [0.1, 0.15) is 0 Å². The summed E-state index contributed by atoms with van der Waals surface area (Å²) in [7, 11) is 1.80. The van der Waals surface area contributed by atoms with Gasteiger partial charge in [0, 0.05) is 31.1 Å². The first-order valence-electron chi connectivity index (χ1n) is 9.25. The first-order valence-corrected chi connectivity index (χ1v) is 9.25. The number of carboxylic acid groups (broad SMARTS) is 1. The fourth-order valence-electron chi connectivity index (χ4n) is 3.81. The van der Waals surface area contributed by atoms with Crippen molar-refractivity contribution in [1.82, 2.24) is 14.5 Å². The molecule has 142 valence electrons. The molecule has 6 heteroatoms. The molecular formula is C22H21N3O3. The molecular weight excluding hydrogens is 354 g/mol. The molecule has 1 atom stereocenters. The van der Waals surface area contributed by atoms with Crippen LogP contribution in [0.15, 0.2) is 60.9 Å². The van der Waals surface area contributed by atoms with Crippen LogP contribution in [0.4, 0.5) is 0 Å². The second-order valence-electron chi connectivity index (χ2n) is 7.03. The van der Waals surface area contributed by atoms with E-state index in [1.165, 1.54) is 0 Å². The van der Waals surface area contributed by atoms with Crippen LogP contribution in [0.1, 0.15) is 29.2 Å². The van der Waals surface area contributed by atoms with Gasteiger partial charge in [-0.3, -0.25) is 4.79 Å². The van der Waals surface area contributed by atoms with Crippen molar-refractivity contribution in [2.24, 2.45) is 0 Å². The summed E-state index contributed by atoms with van der Waals surface area (Å²) in [5, 5.41) is 9.72. The number of nitrogens with zero attached hydrogens (tertiary/aromatic N) is 3. The van der Waals surface area contributed by atoms with Crippen molar-refractivity contribution in [1.29, 1.82) is 0 Å². The van der Waals surface area contributed by atoms with Gasteiger partial charge in [0.25, 0.3) is 0 Å². The van der Waals surface area contributed by atoms with Gasteiger partial charge >= 0.3 is 5.97 Å². The molecule has 2 heterocycles. The molecule has 0 bridgehead atoms. The zero-order valence-electron chi connectivity index (χ0n) is 15.6. The maximum atomic E-state index is 11.9. The average molecular weight is 375 g/mol. The van der Waals surface area contributed by atoms with Crippen LogP contribution in [0.25, 0.3) is 22.5 Å². The topological polar surface area (TPSA) is 75.4 Å². The lowest BCUT2D eigenvalue weighted by molar-refractivity contribution is -0.132. The summed E-state index contributed by atoms with van der Waals surface area (Å²) in [5.41, 5.74) is 3.31. The standard InChI is InChI=1S/C22H21N3O3/c1-24-13-16(11-12-19(24)26)25-14-23-20(15-7-3-2-4-8-15)21(25)17-9-5-6-10-18(17)22(27)28/h2-10,14,16H,11-13H2,1H3,(H,27,28)/t16-/m1/s1. The fraction of sp³-hybridized carbons (Fsp3) is 0.227. The summed E-state index contributed by atoms with van der Waals surface area (Å²) in [5.74, 6) is -0.842. The van der Waals surface area contributed by atoms with Crippen LogP contribution in [0.2, 0.25) is 0 Å². The van der Waals surface area contributed by atoms with E-state index in [9.17, 15) is 14.7 Å². The average Bonchev–Trinajstić information content (AvgIpc) is 3.15. The quantitative estimate of drug-likeness (QED) is 0.754. The Morgan fingerprint density at radius 1 is 1.11 bits per heavy atom. The summed E-state index contributed by atoms with van der Waals surface area (Å²) in [6, 6.07) is 16.8. The molecule has 1 aliphatic rings. The van der Waals surface area contributed by atoms with Crippen LogP contribution in [0.3, 0.4) is 0 Å². The molecule has 6 nitrogen and oxygen atoms in total. The van der Waals surface area contributed by atoms with Gasteiger partial charge in [0.05, 0.1) is 29.3 Å². The number of benzene rings is 2. The number of aromatic carboxylic acids is 1. The summed E-state index contributed by atoms with van der Waals surface area (Å²) < 4.78 is 2.03. The van der Waals surface area contributed by atoms with E-state index in [4.69, 9.17) is 0 Å². The number of amides is 1. The molecule has 28 heavy (non-hydrogen) atoms. The molecule has 0 saturated carbocycles. The van der Waals surface area contributed by atoms with Crippen LogP contribution >= 0.6 is 0 Å². The number of aromatic nitrogens is 2. The smallest absolute Gasteiger partial charge is 0.336 e. The van der Waals surface area contributed by atoms with Crippen molar-refractivity contribution in [3.05, 3.63) is 66.5 Å². The number of likely N-dealkylation sites (tertiary alicyclic amines) is 1. The Kier molecular flexibility index (Phi) is 4.69. The number of imidazole rings is 1. The van der Waals surface area contributed by atoms with E-state index in [-0.39, 0.29) is 17.5 Å². The normalized spacial score (nSPS) is 17.0. The van der Waals surface area contributed by atoms with Gasteiger partial charge in [-0.2, -0.15) is 0 Å². The van der Waals surface area contributed by atoms with Crippen molar-refractivity contribution in [2.75, 3.05) is 13.6 Å². The molecule has 1 amide bonds. The van der Waals surface area contributed by atoms with Crippen LogP contribution in [-0.4, -0.2) is 45.0 Å². The van der Waals surface area contributed by atoms with Gasteiger partial charge < -0.3 is 14.6 Å². The minimum atomic E-state index is -0.974. The van der Waals surface area contributed by atoms with Crippen LogP contribution < -0.4 is 0 Å². The van der Waals surface area contributed by atoms with E-state index in [2.05, 4.69) is 4.98 Å². The first kappa shape index (κ1) is 18.0. The first-order chi connectivity index (χ1) is 13.6. The maximum absolute atomic E-state index is 11.9. The summed E-state index contributed by atoms with van der Waals surface area (Å²) in [6.07, 6.45) is 2.95. The Balaban J connectivity index is 1.91. The number of hydrogen-bond donors (Lipinski definition) is 1. The summed E-state index contributed by atoms with van der Waals surface area (Å²) >= 11 is 0. The summed E-state index contributed by atoms with van der Waals surface area (Å²) in [4.78, 5) is 30.2. The third kappa shape index (κ3) is 3.17. The molecule has 1 aromatic heterocycles. The number of rotatable bonds is 4. The highest BCUT2D eigenvalue weighted by Crippen LogP contribution is 2.37. The maximum Gasteiger partial charge on any atom is 0.336 e. The van der Waals surface area contributed by atoms with E-state index in [1.807, 2.05) is 47.0 Å². The van der Waals surface area contributed by atoms with Gasteiger partial charge in [0.15, 0.2) is 0 Å². The lowest BCUT2D eigenvalue weighted by atomic mass is 9.98. The number of piperidine rings is 1. The fourth-order valence-corrected chi connectivity index (χ4v) is 3.81. The largest absolute Gasteiger partial charge is 0.478 e. The summed E-state index contributed by atoms with van der Waals surface area (Å²) in [6.45, 7) is 0.575. The molecule has 0 radical (unpaired) electrons. The molecule has 1 saturated heterocycles. The Hall–Kier alpha value is -3.41. The van der Waals surface area contributed by atoms with Gasteiger partial charge in [0.2, 0.25) is 5.91 Å². The molecule has 0 aliphatic carbocycles. The van der Waals surface area contributed by atoms with Crippen molar-refractivity contribution in [2.45, 2.75) is 18.9 Å². The number of likely N-dealkylation sites (N-methyl/N-ethyl adjacent to an activating group) is 1. The predicted octanol–water partition coefficient (Wildman–Crippen LogP) is 3.71. The van der Waals surface area contributed by atoms with E-state index in [0.717, 1.165) is 17.0 Å². The van der Waals surface area contributed by atoms with Crippen molar-refractivity contribution < 1.29 is 14.7 Å². The molecule has 3 aromatic rings. The van der Waals surface area contributed by atoms with Crippen LogP contribution in [0.5, 0.6) is 0 Å². The van der Waals surface area contributed by atoms with E-state index >= 15 is 0 Å². The third-order valence-electron chi connectivity index (χ3n) is 5.25. The molecule has 0 spiro atoms. The Labute approximate surface area is 163 Å². The predicted molar refractivity (Wildman–Crippen MR) is 106 cm³/mol. The minimum absolute atomic E-state index is 0.0458. The lowest BCUT2D eigenvalue weighted by Gasteiger charge is -2.31. The van der Waals surface area contributed by atoms with Crippen LogP contribution in [0, 0.1) is 0 Å². The minimum Gasteiger partial charge on any atom is -0.478 e. The van der Waals surface area contributed by atoms with Gasteiger partial charge in [-0.25, -0.2) is 9.78 Å². The number of carbonyl (C=O) groups excluding carboxylic acids is 1. The van der Waals surface area contributed by atoms with Crippen LogP contribution in [-0.2, 0) is 4.79 Å². The number of carboxylic acids is 1. The zero-order valence-corrected chi connectivity index (χ0v) is 15.6. The van der Waals surface area contributed by atoms with Crippen molar-refractivity contribution >= 4 is 11.9 Å². The third-order valence-corrected chi connectivity index (χ3v) is 5.25. The molecule has 1 N–H and O–H groups in total. The highest BCUT2D eigenvalue weighted by Gasteiger charge is 2.28. The molecule has 0 unspecified atom stereocenters. The molecule has 2 aromatic carbocycles. The molecule has 1 fully saturated rings. The number of hydrogen-bond acceptors (Lipinski definition) is 3. The van der Waals surface area contributed by atoms with Crippen molar-refractivity contribution in [3.8, 4) is 22.5 Å². The Morgan fingerprint density at radius 2 is 1.82 bits per heavy atom. The number of carbonyl (C=O) groups is 2. The SMILES string of the molecule is CN1C[C@H](n2cnc(-c3ccccc3)c2-c2ccccc2C(=O)O)CCC1=O. The Morgan fingerprint density at radius 3 is 2.54 bits per heavy atom. The zero-order chi connectivity index (χ0) is 19.7. The van der Waals surface area contributed by atoms with Gasteiger partial charge in [-0.15, -0.1) is 0 Å². The lowest BCUT2D eigenvalue weighted by Crippen LogP contribution is -2.38. The highest BCUT2D eigenvalue weighted by molar-refractivity contribution is 5.97.